The Morgan fingerprint density at radius 2 is 1.71 bits per heavy atom. The molecule has 0 unspecified atom stereocenters. The van der Waals surface area contributed by atoms with Crippen LogP contribution in [0.1, 0.15) is 16.2 Å². The number of hydrogen-bond acceptors (Lipinski definition) is 4. The normalized spacial score (nSPS) is 10.5. The molecule has 2 aromatic carbocycles. The third kappa shape index (κ3) is 3.00. The molecule has 5 nitrogen and oxygen atoms in total. The molecule has 0 saturated heterocycles. The zero-order chi connectivity index (χ0) is 14.7. The average Bonchev–Trinajstić information content (AvgIpc) is 2.53. The number of nitrogens with one attached hydrogen (secondary N) is 1. The minimum absolute atomic E-state index is 0.0100. The summed E-state index contributed by atoms with van der Waals surface area (Å²) < 4.78 is 12.8. The summed E-state index contributed by atoms with van der Waals surface area (Å²) in [6.45, 7) is 0.273. The number of fused-ring (bicyclic) bond motifs is 1. The van der Waals surface area contributed by atoms with Crippen molar-refractivity contribution in [1.29, 1.82) is 0 Å². The van der Waals surface area contributed by atoms with Gasteiger partial charge in [-0.3, -0.25) is 4.79 Å². The Balaban J connectivity index is 1.73. The lowest BCUT2D eigenvalue weighted by molar-refractivity contribution is 0.0939. The van der Waals surface area contributed by atoms with Crippen molar-refractivity contribution in [2.45, 2.75) is 6.54 Å². The maximum absolute atomic E-state index is 12.8. The summed E-state index contributed by atoms with van der Waals surface area (Å²) in [5.41, 5.74) is 2.03. The number of nitrogens with zero attached hydrogens (tertiary/aromatic N) is 3. The first-order chi connectivity index (χ1) is 10.2. The lowest BCUT2D eigenvalue weighted by Gasteiger charge is -2.04. The summed E-state index contributed by atoms with van der Waals surface area (Å²) in [4.78, 5) is 16.1. The minimum Gasteiger partial charge on any atom is -0.345 e. The first kappa shape index (κ1) is 13.1. The molecule has 0 bridgehead atoms. The van der Waals surface area contributed by atoms with E-state index in [0.29, 0.717) is 11.0 Å². The predicted molar refractivity (Wildman–Crippen MR) is 74.9 cm³/mol. The summed E-state index contributed by atoms with van der Waals surface area (Å²) >= 11 is 0. The van der Waals surface area contributed by atoms with E-state index in [9.17, 15) is 9.18 Å². The number of aromatic nitrogens is 3. The van der Waals surface area contributed by atoms with Crippen molar-refractivity contribution in [3.05, 3.63) is 65.7 Å². The van der Waals surface area contributed by atoms with Gasteiger partial charge in [0.2, 0.25) is 5.82 Å². The topological polar surface area (TPSA) is 67.8 Å². The van der Waals surface area contributed by atoms with Crippen molar-refractivity contribution in [3.8, 4) is 0 Å². The highest BCUT2D eigenvalue weighted by atomic mass is 19.1. The zero-order valence-electron chi connectivity index (χ0n) is 11.0. The van der Waals surface area contributed by atoms with Crippen LogP contribution < -0.4 is 5.32 Å². The highest BCUT2D eigenvalue weighted by Crippen LogP contribution is 2.07. The van der Waals surface area contributed by atoms with Gasteiger partial charge in [0.15, 0.2) is 0 Å². The van der Waals surface area contributed by atoms with Gasteiger partial charge >= 0.3 is 0 Å². The molecule has 0 aliphatic heterocycles. The minimum atomic E-state index is -0.419. The first-order valence-corrected chi connectivity index (χ1v) is 6.34. The number of carbonyl (C=O) groups excluding carboxylic acids is 1. The van der Waals surface area contributed by atoms with Crippen LogP contribution in [0.3, 0.4) is 0 Å². The highest BCUT2D eigenvalue weighted by Gasteiger charge is 2.10. The van der Waals surface area contributed by atoms with Gasteiger partial charge in [-0.2, -0.15) is 0 Å². The Morgan fingerprint density at radius 3 is 2.48 bits per heavy atom. The van der Waals surface area contributed by atoms with Crippen LogP contribution in [0.2, 0.25) is 0 Å². The molecule has 0 aliphatic rings. The van der Waals surface area contributed by atoms with E-state index in [1.54, 1.807) is 24.3 Å². The molecule has 3 aromatic rings. The average molecular weight is 282 g/mol. The number of rotatable bonds is 3. The Morgan fingerprint density at radius 1 is 1.00 bits per heavy atom. The van der Waals surface area contributed by atoms with Crippen molar-refractivity contribution in [3.63, 3.8) is 0 Å². The van der Waals surface area contributed by atoms with Crippen molar-refractivity contribution in [1.82, 2.24) is 20.5 Å². The fraction of sp³-hybridized carbons (Fsp3) is 0.0667. The monoisotopic (exact) mass is 282 g/mol. The molecular weight excluding hydrogens is 271 g/mol. The molecule has 3 rings (SSSR count). The molecule has 1 amide bonds. The lowest BCUT2D eigenvalue weighted by atomic mass is 10.2. The summed E-state index contributed by atoms with van der Waals surface area (Å²) in [6.07, 6.45) is 0. The Hall–Kier alpha value is -2.89. The predicted octanol–water partition coefficient (Wildman–Crippen LogP) is 2.09. The summed E-state index contributed by atoms with van der Waals surface area (Å²) in [6, 6.07) is 13.1. The molecule has 6 heteroatoms. The van der Waals surface area contributed by atoms with E-state index in [0.717, 1.165) is 5.56 Å². The molecule has 0 spiro atoms. The molecule has 0 fully saturated rings. The van der Waals surface area contributed by atoms with E-state index in [4.69, 9.17) is 0 Å². The molecule has 0 aliphatic carbocycles. The second kappa shape index (κ2) is 5.62. The second-order valence-corrected chi connectivity index (χ2v) is 4.43. The smallest absolute Gasteiger partial charge is 0.291 e. The molecule has 0 atom stereocenters. The SMILES string of the molecule is O=C(NCc1ccc(F)cc1)c1nnc2ccccc2n1. The number of hydrogen-bond donors (Lipinski definition) is 1. The van der Waals surface area contributed by atoms with E-state index in [1.807, 2.05) is 12.1 Å². The molecule has 1 aromatic heterocycles. The van der Waals surface area contributed by atoms with Crippen molar-refractivity contribution < 1.29 is 9.18 Å². The molecular formula is C15H11FN4O. The Labute approximate surface area is 119 Å². The number of halogens is 1. The van der Waals surface area contributed by atoms with Crippen molar-refractivity contribution >= 4 is 16.9 Å². The van der Waals surface area contributed by atoms with Crippen LogP contribution in [-0.4, -0.2) is 21.1 Å². The molecule has 0 radical (unpaired) electrons. The van der Waals surface area contributed by atoms with Gasteiger partial charge in [-0.05, 0) is 29.8 Å². The van der Waals surface area contributed by atoms with Crippen LogP contribution in [-0.2, 0) is 6.54 Å². The Kier molecular flexibility index (Phi) is 3.51. The summed E-state index contributed by atoms with van der Waals surface area (Å²) in [5, 5.41) is 10.4. The maximum Gasteiger partial charge on any atom is 0.291 e. The largest absolute Gasteiger partial charge is 0.345 e. The van der Waals surface area contributed by atoms with Gasteiger partial charge in [0.05, 0.1) is 5.52 Å². The standard InChI is InChI=1S/C15H11FN4O/c16-11-7-5-10(6-8-11)9-17-15(21)14-18-12-3-1-2-4-13(12)19-20-14/h1-8H,9H2,(H,17,21). The highest BCUT2D eigenvalue weighted by molar-refractivity contribution is 5.91. The molecule has 0 saturated carbocycles. The third-order valence-corrected chi connectivity index (χ3v) is 2.93. The molecule has 104 valence electrons. The number of benzene rings is 2. The molecule has 1 heterocycles. The number of para-hydroxylation sites is 1. The van der Waals surface area contributed by atoms with E-state index in [-0.39, 0.29) is 18.2 Å². The van der Waals surface area contributed by atoms with Gasteiger partial charge in [-0.15, -0.1) is 10.2 Å². The van der Waals surface area contributed by atoms with Gasteiger partial charge in [-0.25, -0.2) is 9.37 Å². The van der Waals surface area contributed by atoms with Gasteiger partial charge in [0.25, 0.3) is 5.91 Å². The number of amides is 1. The van der Waals surface area contributed by atoms with Gasteiger partial charge in [-0.1, -0.05) is 24.3 Å². The van der Waals surface area contributed by atoms with Gasteiger partial charge in [0, 0.05) is 6.54 Å². The van der Waals surface area contributed by atoms with E-state index >= 15 is 0 Å². The van der Waals surface area contributed by atoms with Crippen molar-refractivity contribution in [2.24, 2.45) is 0 Å². The lowest BCUT2D eigenvalue weighted by Crippen LogP contribution is -2.25. The van der Waals surface area contributed by atoms with Crippen LogP contribution in [0.25, 0.3) is 11.0 Å². The summed E-state index contributed by atoms with van der Waals surface area (Å²) in [7, 11) is 0. The maximum atomic E-state index is 12.8. The van der Waals surface area contributed by atoms with Crippen molar-refractivity contribution in [2.75, 3.05) is 0 Å². The first-order valence-electron chi connectivity index (χ1n) is 6.34. The molecule has 1 N–H and O–H groups in total. The van der Waals surface area contributed by atoms with E-state index in [1.165, 1.54) is 12.1 Å². The van der Waals surface area contributed by atoms with Crippen LogP contribution in [0.15, 0.2) is 48.5 Å². The summed E-state index contributed by atoms with van der Waals surface area (Å²) in [5.74, 6) is -0.722. The number of carbonyl (C=O) groups is 1. The Bertz CT molecular complexity index is 789. The quantitative estimate of drug-likeness (QED) is 0.798. The van der Waals surface area contributed by atoms with Crippen LogP contribution >= 0.6 is 0 Å². The van der Waals surface area contributed by atoms with Crippen LogP contribution in [0.4, 0.5) is 4.39 Å². The molecule has 21 heavy (non-hydrogen) atoms. The second-order valence-electron chi connectivity index (χ2n) is 4.43. The van der Waals surface area contributed by atoms with E-state index < -0.39 is 5.91 Å². The van der Waals surface area contributed by atoms with Crippen LogP contribution in [0.5, 0.6) is 0 Å². The van der Waals surface area contributed by atoms with Gasteiger partial charge < -0.3 is 5.32 Å². The third-order valence-electron chi connectivity index (χ3n) is 2.93. The van der Waals surface area contributed by atoms with Gasteiger partial charge in [0.1, 0.15) is 11.3 Å². The van der Waals surface area contributed by atoms with E-state index in [2.05, 4.69) is 20.5 Å². The fourth-order valence-electron chi connectivity index (χ4n) is 1.84. The zero-order valence-corrected chi connectivity index (χ0v) is 11.0. The van der Waals surface area contributed by atoms with Crippen LogP contribution in [0, 0.1) is 5.82 Å². The fourth-order valence-corrected chi connectivity index (χ4v) is 1.84.